The summed E-state index contributed by atoms with van der Waals surface area (Å²) in [5.41, 5.74) is 0.861. The van der Waals surface area contributed by atoms with Crippen molar-refractivity contribution < 1.29 is 0 Å². The smallest absolute Gasteiger partial charge is 0.0297 e. The summed E-state index contributed by atoms with van der Waals surface area (Å²) in [4.78, 5) is 0. The largest absolute Gasteiger partial charge is 0.0594 e. The van der Waals surface area contributed by atoms with Crippen molar-refractivity contribution in [3.8, 4) is 0 Å². The van der Waals surface area contributed by atoms with Crippen molar-refractivity contribution in [2.75, 3.05) is 0 Å². The fourth-order valence-electron chi connectivity index (χ4n) is 1.39. The molecule has 2 rings (SSSR count). The highest BCUT2D eigenvalue weighted by Crippen LogP contribution is 2.60. The standard InChI is InChI=1S/C7H12/c1-7(4-5-7)6-2-3-6/h6H,2-5H2,1H3. The molecule has 0 aromatic rings. The van der Waals surface area contributed by atoms with E-state index in [-0.39, 0.29) is 0 Å². The summed E-state index contributed by atoms with van der Waals surface area (Å²) >= 11 is 0. The highest BCUT2D eigenvalue weighted by molar-refractivity contribution is 5.00. The van der Waals surface area contributed by atoms with Gasteiger partial charge in [0.2, 0.25) is 0 Å². The van der Waals surface area contributed by atoms with Gasteiger partial charge in [-0.2, -0.15) is 0 Å². The quantitative estimate of drug-likeness (QED) is 0.469. The maximum Gasteiger partial charge on any atom is -0.0297 e. The maximum absolute atomic E-state index is 2.44. The van der Waals surface area contributed by atoms with Crippen LogP contribution in [-0.4, -0.2) is 0 Å². The van der Waals surface area contributed by atoms with Crippen LogP contribution in [0.4, 0.5) is 0 Å². The van der Waals surface area contributed by atoms with E-state index < -0.39 is 0 Å². The van der Waals surface area contributed by atoms with Crippen LogP contribution in [0.5, 0.6) is 0 Å². The molecule has 0 bridgehead atoms. The topological polar surface area (TPSA) is 0 Å². The molecule has 7 heavy (non-hydrogen) atoms. The summed E-state index contributed by atoms with van der Waals surface area (Å²) in [7, 11) is 0. The van der Waals surface area contributed by atoms with Crippen molar-refractivity contribution in [2.45, 2.75) is 32.6 Å². The zero-order valence-electron chi connectivity index (χ0n) is 4.91. The van der Waals surface area contributed by atoms with Gasteiger partial charge in [-0.15, -0.1) is 0 Å². The van der Waals surface area contributed by atoms with Crippen LogP contribution in [0.2, 0.25) is 0 Å². The van der Waals surface area contributed by atoms with E-state index in [1.54, 1.807) is 0 Å². The molecule has 0 aliphatic heterocycles. The molecule has 0 saturated heterocycles. The van der Waals surface area contributed by atoms with Crippen molar-refractivity contribution in [3.63, 3.8) is 0 Å². The summed E-state index contributed by atoms with van der Waals surface area (Å²) in [6.07, 6.45) is 6.13. The van der Waals surface area contributed by atoms with E-state index in [9.17, 15) is 0 Å². The minimum atomic E-state index is 0.861. The fraction of sp³-hybridized carbons (Fsp3) is 1.00. The van der Waals surface area contributed by atoms with Gasteiger partial charge in [0.15, 0.2) is 0 Å². The average molecular weight is 96.2 g/mol. The van der Waals surface area contributed by atoms with Crippen molar-refractivity contribution in [1.29, 1.82) is 0 Å². The molecule has 0 heterocycles. The lowest BCUT2D eigenvalue weighted by Gasteiger charge is -2.00. The zero-order chi connectivity index (χ0) is 4.91. The maximum atomic E-state index is 2.44. The molecule has 0 radical (unpaired) electrons. The molecule has 0 heteroatoms. The number of hydrogen-bond acceptors (Lipinski definition) is 0. The van der Waals surface area contributed by atoms with Crippen LogP contribution in [0.25, 0.3) is 0 Å². The molecule has 40 valence electrons. The lowest BCUT2D eigenvalue weighted by Crippen LogP contribution is -1.92. The minimum Gasteiger partial charge on any atom is -0.0594 e. The van der Waals surface area contributed by atoms with Gasteiger partial charge in [-0.3, -0.25) is 0 Å². The molecule has 0 spiro atoms. The van der Waals surface area contributed by atoms with Crippen LogP contribution in [0.15, 0.2) is 0 Å². The van der Waals surface area contributed by atoms with Gasteiger partial charge >= 0.3 is 0 Å². The summed E-state index contributed by atoms with van der Waals surface area (Å²) in [5.74, 6) is 1.16. The van der Waals surface area contributed by atoms with E-state index in [4.69, 9.17) is 0 Å². The first-order valence-corrected chi connectivity index (χ1v) is 3.31. The summed E-state index contributed by atoms with van der Waals surface area (Å²) in [5, 5.41) is 0. The lowest BCUT2D eigenvalue weighted by atomic mass is 10.1. The van der Waals surface area contributed by atoms with Crippen LogP contribution < -0.4 is 0 Å². The Bertz CT molecular complexity index is 86.2. The van der Waals surface area contributed by atoms with Gasteiger partial charge in [0.25, 0.3) is 0 Å². The Morgan fingerprint density at radius 1 is 1.29 bits per heavy atom. The first kappa shape index (κ1) is 3.94. The molecule has 2 aliphatic carbocycles. The van der Waals surface area contributed by atoms with Crippen LogP contribution in [0.3, 0.4) is 0 Å². The first-order valence-electron chi connectivity index (χ1n) is 3.31. The van der Waals surface area contributed by atoms with Gasteiger partial charge in [-0.25, -0.2) is 0 Å². The Kier molecular flexibility index (Phi) is 0.499. The first-order chi connectivity index (χ1) is 3.31. The molecule has 0 aromatic carbocycles. The van der Waals surface area contributed by atoms with E-state index >= 15 is 0 Å². The Balaban J connectivity index is 2.04. The van der Waals surface area contributed by atoms with E-state index in [0.29, 0.717) is 0 Å². The highest BCUT2D eigenvalue weighted by Gasteiger charge is 2.49. The van der Waals surface area contributed by atoms with E-state index in [2.05, 4.69) is 6.92 Å². The van der Waals surface area contributed by atoms with E-state index in [0.717, 1.165) is 11.3 Å². The Hall–Kier alpha value is 0. The summed E-state index contributed by atoms with van der Waals surface area (Å²) < 4.78 is 0. The molecule has 2 saturated carbocycles. The third-order valence-electron chi connectivity index (χ3n) is 2.60. The molecule has 2 aliphatic rings. The number of hydrogen-bond donors (Lipinski definition) is 0. The van der Waals surface area contributed by atoms with Gasteiger partial charge in [-0.05, 0) is 37.0 Å². The van der Waals surface area contributed by atoms with Gasteiger partial charge in [0, 0.05) is 0 Å². The molecule has 0 N–H and O–H groups in total. The van der Waals surface area contributed by atoms with Gasteiger partial charge < -0.3 is 0 Å². The van der Waals surface area contributed by atoms with Gasteiger partial charge in [-0.1, -0.05) is 6.92 Å². The molecule has 0 aromatic heterocycles. The molecule has 0 nitrogen and oxygen atoms in total. The average Bonchev–Trinajstić information content (AvgIpc) is 2.14. The monoisotopic (exact) mass is 96.1 g/mol. The van der Waals surface area contributed by atoms with Gasteiger partial charge in [0.1, 0.15) is 0 Å². The predicted octanol–water partition coefficient (Wildman–Crippen LogP) is 2.20. The van der Waals surface area contributed by atoms with Crippen molar-refractivity contribution >= 4 is 0 Å². The molecule has 0 amide bonds. The Morgan fingerprint density at radius 2 is 1.86 bits per heavy atom. The van der Waals surface area contributed by atoms with E-state index in [1.165, 1.54) is 25.7 Å². The molecule has 0 atom stereocenters. The normalized spacial score (nSPS) is 35.6. The predicted molar refractivity (Wildman–Crippen MR) is 30.1 cm³/mol. The van der Waals surface area contributed by atoms with Crippen LogP contribution in [0, 0.1) is 11.3 Å². The second-order valence-corrected chi connectivity index (χ2v) is 3.43. The molecule has 0 unspecified atom stereocenters. The van der Waals surface area contributed by atoms with Crippen molar-refractivity contribution in [2.24, 2.45) is 11.3 Å². The zero-order valence-corrected chi connectivity index (χ0v) is 4.91. The van der Waals surface area contributed by atoms with Crippen molar-refractivity contribution in [3.05, 3.63) is 0 Å². The Morgan fingerprint density at radius 3 is 2.00 bits per heavy atom. The van der Waals surface area contributed by atoms with Crippen molar-refractivity contribution in [1.82, 2.24) is 0 Å². The fourth-order valence-corrected chi connectivity index (χ4v) is 1.39. The summed E-state index contributed by atoms with van der Waals surface area (Å²) in [6, 6.07) is 0. The third kappa shape index (κ3) is 0.490. The summed E-state index contributed by atoms with van der Waals surface area (Å²) in [6.45, 7) is 2.44. The van der Waals surface area contributed by atoms with Crippen LogP contribution in [-0.2, 0) is 0 Å². The second-order valence-electron chi connectivity index (χ2n) is 3.43. The highest BCUT2D eigenvalue weighted by atomic mass is 14.5. The van der Waals surface area contributed by atoms with Crippen LogP contribution >= 0.6 is 0 Å². The van der Waals surface area contributed by atoms with Crippen LogP contribution in [0.1, 0.15) is 32.6 Å². The molecular formula is C7H12. The minimum absolute atomic E-state index is 0.861. The Labute approximate surface area is 44.9 Å². The SMILES string of the molecule is CC1(C2CC2)CC1. The molecular weight excluding hydrogens is 84.1 g/mol. The lowest BCUT2D eigenvalue weighted by molar-refractivity contribution is 0.491. The number of rotatable bonds is 1. The molecule has 2 fully saturated rings. The third-order valence-corrected chi connectivity index (χ3v) is 2.60. The van der Waals surface area contributed by atoms with Gasteiger partial charge in [0.05, 0.1) is 0 Å². The second kappa shape index (κ2) is 0.888. The van der Waals surface area contributed by atoms with E-state index in [1.807, 2.05) is 0 Å².